The van der Waals surface area contributed by atoms with E-state index in [1.807, 2.05) is 13.8 Å². The molecule has 4 fully saturated rings. The number of carbonyl (C=O) groups excluding carboxylic acids is 1. The Morgan fingerprint density at radius 2 is 1.33 bits per heavy atom. The first-order chi connectivity index (χ1) is 20.6. The Morgan fingerprint density at radius 3 is 1.89 bits per heavy atom. The van der Waals surface area contributed by atoms with Crippen LogP contribution in [0.15, 0.2) is 12.2 Å². The van der Waals surface area contributed by atoms with Gasteiger partial charge >= 0.3 is 35.8 Å². The van der Waals surface area contributed by atoms with Crippen molar-refractivity contribution in [3.8, 4) is 0 Å². The summed E-state index contributed by atoms with van der Waals surface area (Å²) in [4.78, 5) is 13.3. The van der Waals surface area contributed by atoms with Crippen molar-refractivity contribution in [1.82, 2.24) is 0 Å². The molecule has 0 radical (unpaired) electrons. The third-order valence-corrected chi connectivity index (χ3v) is 12.0. The van der Waals surface area contributed by atoms with Gasteiger partial charge in [-0.25, -0.2) is 0 Å². The molecule has 0 aromatic carbocycles. The second-order valence-corrected chi connectivity index (χ2v) is 14.4. The highest BCUT2D eigenvalue weighted by Crippen LogP contribution is 2.68. The average Bonchev–Trinajstić information content (AvgIpc) is 3.26. The van der Waals surface area contributed by atoms with Crippen molar-refractivity contribution in [1.29, 1.82) is 0 Å². The maximum Gasteiger partial charge on any atom is 0.460 e. The highest BCUT2D eigenvalue weighted by atomic mass is 19.4. The number of fused-ring (bicyclic) bond motifs is 5. The Labute approximate surface area is 257 Å². The number of Topliss-reactive ketones (excluding diaryl/α,β-unsaturated/α-hetero) is 1. The van der Waals surface area contributed by atoms with Crippen LogP contribution in [-0.4, -0.2) is 64.0 Å². The molecule has 0 heterocycles. The van der Waals surface area contributed by atoms with Crippen LogP contribution < -0.4 is 0 Å². The zero-order valence-corrected chi connectivity index (χ0v) is 25.1. The van der Waals surface area contributed by atoms with E-state index in [9.17, 15) is 72.1 Å². The molecule has 0 aliphatic heterocycles. The van der Waals surface area contributed by atoms with Gasteiger partial charge in [0.1, 0.15) is 5.78 Å². The molecule has 10 atom stereocenters. The summed E-state index contributed by atoms with van der Waals surface area (Å²) in [5.74, 6) is -38.4. The smallest absolute Gasteiger partial charge is 0.390 e. The lowest BCUT2D eigenvalue weighted by Gasteiger charge is -2.60. The largest absolute Gasteiger partial charge is 0.460 e. The lowest BCUT2D eigenvalue weighted by atomic mass is 9.44. The number of hydrogen-bond acceptors (Lipinski definition) is 3. The number of hydrogen-bond donors (Lipinski definition) is 2. The fraction of sp³-hybridized carbons (Fsp3) is 0.900. The van der Waals surface area contributed by atoms with E-state index in [4.69, 9.17) is 0 Å². The van der Waals surface area contributed by atoms with Crippen molar-refractivity contribution >= 4 is 5.78 Å². The van der Waals surface area contributed by atoms with Crippen molar-refractivity contribution in [2.75, 3.05) is 0 Å². The van der Waals surface area contributed by atoms with Crippen LogP contribution in [0.4, 0.5) is 57.1 Å². The van der Waals surface area contributed by atoms with Crippen LogP contribution in [0.1, 0.15) is 72.1 Å². The zero-order chi connectivity index (χ0) is 35.3. The molecule has 4 rings (SSSR count). The minimum atomic E-state index is -7.92. The molecule has 0 spiro atoms. The normalized spacial score (nSPS) is 38.8. The lowest BCUT2D eigenvalue weighted by molar-refractivity contribution is -0.439. The second kappa shape index (κ2) is 11.2. The predicted octanol–water partition coefficient (Wildman–Crippen LogP) is 8.48. The molecule has 4 aliphatic rings. The van der Waals surface area contributed by atoms with Crippen molar-refractivity contribution < 1.29 is 72.1 Å². The molecule has 0 amide bonds. The van der Waals surface area contributed by atoms with Gasteiger partial charge in [-0.2, -0.15) is 57.1 Å². The SMILES string of the molecule is C[C@H](/C=C/CC(F)(F)C(F)(F)C(F)(F)C(F)(F)C(F)(F)C(F)(F)F)[C@H]1CC[C@H]2[C@@H]3CC(=O)[C@H]4C[C@H](O)[C@H](O)C[C@]4(C)[C@H]3CC[C@]12C. The topological polar surface area (TPSA) is 57.5 Å². The first-order valence-corrected chi connectivity index (χ1v) is 15.1. The Morgan fingerprint density at radius 1 is 0.783 bits per heavy atom. The van der Waals surface area contributed by atoms with Crippen molar-refractivity contribution in [3.63, 3.8) is 0 Å². The highest BCUT2D eigenvalue weighted by molar-refractivity contribution is 5.83. The summed E-state index contributed by atoms with van der Waals surface area (Å²) in [6.45, 7) is 5.42. The monoisotopic (exact) mass is 692 g/mol. The minimum absolute atomic E-state index is 0.0196. The first-order valence-electron chi connectivity index (χ1n) is 15.1. The van der Waals surface area contributed by atoms with Crippen molar-refractivity contribution in [2.24, 2.45) is 46.3 Å². The number of rotatable bonds is 8. The van der Waals surface area contributed by atoms with E-state index in [2.05, 4.69) is 0 Å². The maximum absolute atomic E-state index is 14.3. The van der Waals surface area contributed by atoms with Gasteiger partial charge in [0.05, 0.1) is 12.2 Å². The molecule has 16 heteroatoms. The molecular weight excluding hydrogens is 655 g/mol. The number of allylic oxidation sites excluding steroid dienone is 2. The molecule has 0 bridgehead atoms. The first kappa shape index (κ1) is 37.2. The van der Waals surface area contributed by atoms with Crippen LogP contribution in [0.5, 0.6) is 0 Å². The number of carbonyl (C=O) groups is 1. The number of alkyl halides is 13. The molecule has 0 aromatic heterocycles. The van der Waals surface area contributed by atoms with Crippen molar-refractivity contribution in [3.05, 3.63) is 12.2 Å². The van der Waals surface area contributed by atoms with Crippen LogP contribution in [0, 0.1) is 46.3 Å². The number of ketones is 1. The molecule has 4 aliphatic carbocycles. The van der Waals surface area contributed by atoms with Gasteiger partial charge in [-0.15, -0.1) is 0 Å². The summed E-state index contributed by atoms with van der Waals surface area (Å²) in [5, 5.41) is 20.6. The van der Waals surface area contributed by atoms with E-state index in [1.165, 1.54) is 6.92 Å². The number of halogens is 13. The molecule has 0 aromatic rings. The van der Waals surface area contributed by atoms with E-state index < -0.39 is 77.1 Å². The summed E-state index contributed by atoms with van der Waals surface area (Å²) in [6.07, 6.45) is -7.47. The summed E-state index contributed by atoms with van der Waals surface area (Å²) >= 11 is 0. The Hall–Kier alpha value is -1.58. The molecular formula is C30H37F13O3. The average molecular weight is 693 g/mol. The second-order valence-electron chi connectivity index (χ2n) is 14.4. The van der Waals surface area contributed by atoms with E-state index in [1.54, 1.807) is 0 Å². The van der Waals surface area contributed by atoms with Crippen LogP contribution in [-0.2, 0) is 4.79 Å². The minimum Gasteiger partial charge on any atom is -0.390 e. The van der Waals surface area contributed by atoms with Gasteiger partial charge in [-0.3, -0.25) is 4.79 Å². The van der Waals surface area contributed by atoms with Gasteiger partial charge in [0, 0.05) is 18.8 Å². The third kappa shape index (κ3) is 5.19. The van der Waals surface area contributed by atoms with Gasteiger partial charge in [-0.1, -0.05) is 32.9 Å². The van der Waals surface area contributed by atoms with E-state index >= 15 is 0 Å². The van der Waals surface area contributed by atoms with E-state index in [-0.39, 0.29) is 48.7 Å². The van der Waals surface area contributed by atoms with Crippen LogP contribution >= 0.6 is 0 Å². The van der Waals surface area contributed by atoms with Gasteiger partial charge in [0.2, 0.25) is 0 Å². The van der Waals surface area contributed by atoms with Gasteiger partial charge in [0.25, 0.3) is 0 Å². The fourth-order valence-electron chi connectivity index (χ4n) is 9.47. The molecule has 266 valence electrons. The van der Waals surface area contributed by atoms with E-state index in [0.29, 0.717) is 31.8 Å². The third-order valence-electron chi connectivity index (χ3n) is 12.0. The van der Waals surface area contributed by atoms with Gasteiger partial charge in [0.15, 0.2) is 0 Å². The van der Waals surface area contributed by atoms with Crippen LogP contribution in [0.3, 0.4) is 0 Å². The van der Waals surface area contributed by atoms with Crippen LogP contribution in [0.25, 0.3) is 0 Å². The van der Waals surface area contributed by atoms with E-state index in [0.717, 1.165) is 6.08 Å². The highest BCUT2D eigenvalue weighted by Gasteiger charge is 2.90. The summed E-state index contributed by atoms with van der Waals surface area (Å²) in [6, 6.07) is 0. The quantitative estimate of drug-likeness (QED) is 0.198. The van der Waals surface area contributed by atoms with Gasteiger partial charge < -0.3 is 10.2 Å². The Kier molecular flexibility index (Phi) is 9.09. The standard InChI is InChI=1S/C30H37F13O3/c1-14(5-4-9-25(31,32)26(33,34)27(35,36)28(37,38)29(39,40)30(41,42)43)16-6-7-17-15-11-20(44)19-12-21(45)22(46)13-24(19,3)18(15)8-10-23(16,17)2/h4-5,14-19,21-22,45-46H,6-13H2,1-3H3/b5-4+/t14-,15+,16-,17+,18+,19-,21+,22-,23-,24-/m1/s1. The number of aliphatic hydroxyl groups excluding tert-OH is 2. The summed E-state index contributed by atoms with van der Waals surface area (Å²) in [7, 11) is 0. The summed E-state index contributed by atoms with van der Waals surface area (Å²) in [5.41, 5.74) is -1.03. The Bertz CT molecular complexity index is 1200. The molecule has 3 nitrogen and oxygen atoms in total. The maximum atomic E-state index is 14.3. The molecule has 0 saturated heterocycles. The van der Waals surface area contributed by atoms with Crippen molar-refractivity contribution in [2.45, 2.75) is 120 Å². The number of aliphatic hydroxyl groups is 2. The van der Waals surface area contributed by atoms with Gasteiger partial charge in [-0.05, 0) is 78.9 Å². The molecule has 0 unspecified atom stereocenters. The predicted molar refractivity (Wildman–Crippen MR) is 137 cm³/mol. The summed E-state index contributed by atoms with van der Waals surface area (Å²) < 4.78 is 175. The fourth-order valence-corrected chi connectivity index (χ4v) is 9.47. The molecule has 46 heavy (non-hydrogen) atoms. The zero-order valence-electron chi connectivity index (χ0n) is 25.1. The lowest BCUT2D eigenvalue weighted by Crippen LogP contribution is -2.70. The van der Waals surface area contributed by atoms with Crippen LogP contribution in [0.2, 0.25) is 0 Å². The Balaban J connectivity index is 1.49. The molecule has 4 saturated carbocycles. The molecule has 2 N–H and O–H groups in total.